The van der Waals surface area contributed by atoms with Crippen molar-refractivity contribution in [2.75, 3.05) is 25.0 Å². The number of carbonyl (C=O) groups is 3. The SMILES string of the molecule is O=C(O)c1ccc(NC(=O)C2c3cccc(OC4CCNCC4)c3CCN2C(=O)/C=C/c2c(-n3cnnn3)ccc(Cl)c2F)cc1. The number of benzene rings is 3. The van der Waals surface area contributed by atoms with Gasteiger partial charge in [0.05, 0.1) is 16.3 Å². The molecule has 2 aliphatic heterocycles. The van der Waals surface area contributed by atoms with Gasteiger partial charge < -0.3 is 25.4 Å². The number of amides is 2. The van der Waals surface area contributed by atoms with Crippen molar-refractivity contribution in [2.45, 2.75) is 31.4 Å². The largest absolute Gasteiger partial charge is 0.490 e. The van der Waals surface area contributed by atoms with E-state index < -0.39 is 29.6 Å². The van der Waals surface area contributed by atoms with Gasteiger partial charge in [0.2, 0.25) is 5.91 Å². The molecule has 0 bridgehead atoms. The fourth-order valence-electron chi connectivity index (χ4n) is 5.70. The molecule has 1 unspecified atom stereocenters. The summed E-state index contributed by atoms with van der Waals surface area (Å²) >= 11 is 6.05. The molecule has 3 N–H and O–H groups in total. The summed E-state index contributed by atoms with van der Waals surface area (Å²) in [5, 5.41) is 26.2. The number of rotatable bonds is 8. The predicted molar refractivity (Wildman–Crippen MR) is 166 cm³/mol. The number of aromatic nitrogens is 4. The van der Waals surface area contributed by atoms with Crippen molar-refractivity contribution in [1.29, 1.82) is 0 Å². The quantitative estimate of drug-likeness (QED) is 0.241. The lowest BCUT2D eigenvalue weighted by atomic mass is 9.90. The molecule has 0 spiro atoms. The van der Waals surface area contributed by atoms with Gasteiger partial charge in [-0.15, -0.1) is 5.10 Å². The van der Waals surface area contributed by atoms with Crippen LogP contribution >= 0.6 is 11.6 Å². The topological polar surface area (TPSA) is 152 Å². The van der Waals surface area contributed by atoms with Crippen molar-refractivity contribution in [1.82, 2.24) is 30.4 Å². The molecule has 1 fully saturated rings. The molecule has 0 aliphatic carbocycles. The van der Waals surface area contributed by atoms with E-state index in [2.05, 4.69) is 26.2 Å². The first-order valence-electron chi connectivity index (χ1n) is 14.6. The van der Waals surface area contributed by atoms with Crippen molar-refractivity contribution in [2.24, 2.45) is 0 Å². The van der Waals surface area contributed by atoms with Gasteiger partial charge in [-0.25, -0.2) is 9.18 Å². The molecule has 2 aliphatic rings. The molecule has 6 rings (SSSR count). The maximum absolute atomic E-state index is 15.2. The maximum atomic E-state index is 15.2. The number of halogens is 2. The number of carboxylic acids is 1. The highest BCUT2D eigenvalue weighted by molar-refractivity contribution is 6.31. The summed E-state index contributed by atoms with van der Waals surface area (Å²) in [5.74, 6) is -2.24. The number of carboxylic acid groups (broad SMARTS) is 1. The molecule has 0 saturated carbocycles. The summed E-state index contributed by atoms with van der Waals surface area (Å²) in [5.41, 5.74) is 2.11. The van der Waals surface area contributed by atoms with E-state index in [-0.39, 0.29) is 34.5 Å². The summed E-state index contributed by atoms with van der Waals surface area (Å²) in [6.45, 7) is 1.88. The zero-order valence-electron chi connectivity index (χ0n) is 24.4. The van der Waals surface area contributed by atoms with E-state index in [1.54, 1.807) is 12.1 Å². The Hall–Kier alpha value is -5.14. The van der Waals surface area contributed by atoms with E-state index in [1.165, 1.54) is 64.5 Å². The van der Waals surface area contributed by atoms with Crippen molar-refractivity contribution >= 4 is 41.1 Å². The molecular formula is C32H29ClFN7O5. The van der Waals surface area contributed by atoms with Gasteiger partial charge in [0.25, 0.3) is 5.91 Å². The van der Waals surface area contributed by atoms with E-state index in [0.717, 1.165) is 31.5 Å². The second kappa shape index (κ2) is 13.5. The first-order valence-corrected chi connectivity index (χ1v) is 15.0. The van der Waals surface area contributed by atoms with Crippen LogP contribution in [0.3, 0.4) is 0 Å². The molecule has 3 heterocycles. The number of nitrogens with one attached hydrogen (secondary N) is 2. The average molecular weight is 646 g/mol. The van der Waals surface area contributed by atoms with Crippen molar-refractivity contribution in [3.05, 3.63) is 100 Å². The first-order chi connectivity index (χ1) is 22.3. The van der Waals surface area contributed by atoms with E-state index in [1.807, 2.05) is 6.07 Å². The lowest BCUT2D eigenvalue weighted by Crippen LogP contribution is -2.45. The lowest BCUT2D eigenvalue weighted by molar-refractivity contribution is -0.135. The smallest absolute Gasteiger partial charge is 0.335 e. The van der Waals surface area contributed by atoms with Crippen LogP contribution in [0.15, 0.2) is 67.0 Å². The van der Waals surface area contributed by atoms with Crippen LogP contribution in [0.5, 0.6) is 5.75 Å². The van der Waals surface area contributed by atoms with E-state index >= 15 is 4.39 Å². The molecule has 12 nitrogen and oxygen atoms in total. The van der Waals surface area contributed by atoms with Crippen LogP contribution in [-0.2, 0) is 16.0 Å². The van der Waals surface area contributed by atoms with Crippen molar-refractivity contribution in [3.63, 3.8) is 0 Å². The Morgan fingerprint density at radius 3 is 2.59 bits per heavy atom. The van der Waals surface area contributed by atoms with Gasteiger partial charge in [-0.2, -0.15) is 4.68 Å². The molecular weight excluding hydrogens is 617 g/mol. The number of nitrogens with zero attached hydrogens (tertiary/aromatic N) is 5. The van der Waals surface area contributed by atoms with Crippen LogP contribution in [-0.4, -0.2) is 73.7 Å². The molecule has 46 heavy (non-hydrogen) atoms. The Kier molecular flexibility index (Phi) is 9.04. The Bertz CT molecular complexity index is 1790. The van der Waals surface area contributed by atoms with Crippen molar-refractivity contribution < 1.29 is 28.6 Å². The highest BCUT2D eigenvalue weighted by Crippen LogP contribution is 2.37. The minimum atomic E-state index is -1.09. The van der Waals surface area contributed by atoms with Crippen LogP contribution in [0, 0.1) is 5.82 Å². The summed E-state index contributed by atoms with van der Waals surface area (Å²) in [6.07, 6.45) is 5.91. The second-order valence-electron chi connectivity index (χ2n) is 10.8. The van der Waals surface area contributed by atoms with Crippen LogP contribution in [0.1, 0.15) is 45.9 Å². The van der Waals surface area contributed by atoms with Gasteiger partial charge in [0, 0.05) is 29.4 Å². The predicted octanol–water partition coefficient (Wildman–Crippen LogP) is 4.06. The number of carbonyl (C=O) groups excluding carboxylic acids is 2. The zero-order valence-corrected chi connectivity index (χ0v) is 25.2. The maximum Gasteiger partial charge on any atom is 0.335 e. The van der Waals surface area contributed by atoms with Crippen LogP contribution in [0.25, 0.3) is 11.8 Å². The number of anilines is 1. The van der Waals surface area contributed by atoms with Gasteiger partial charge in [-0.3, -0.25) is 9.59 Å². The molecule has 4 aromatic rings. The number of tetrazole rings is 1. The summed E-state index contributed by atoms with van der Waals surface area (Å²) in [6, 6.07) is 13.0. The summed E-state index contributed by atoms with van der Waals surface area (Å²) in [7, 11) is 0. The van der Waals surface area contributed by atoms with Crippen LogP contribution < -0.4 is 15.4 Å². The number of hydrogen-bond acceptors (Lipinski definition) is 8. The normalized spacial score (nSPS) is 16.7. The molecule has 1 saturated heterocycles. The molecule has 0 radical (unpaired) electrons. The molecule has 14 heteroatoms. The Morgan fingerprint density at radius 2 is 1.87 bits per heavy atom. The van der Waals surface area contributed by atoms with Gasteiger partial charge in [-0.1, -0.05) is 23.7 Å². The average Bonchev–Trinajstić information content (AvgIpc) is 3.60. The van der Waals surface area contributed by atoms with Gasteiger partial charge in [0.1, 0.15) is 24.2 Å². The van der Waals surface area contributed by atoms with E-state index in [0.29, 0.717) is 23.4 Å². The molecule has 2 amide bonds. The fraction of sp³-hybridized carbons (Fsp3) is 0.250. The molecule has 1 aromatic heterocycles. The second-order valence-corrected chi connectivity index (χ2v) is 11.2. The Balaban J connectivity index is 1.33. The highest BCUT2D eigenvalue weighted by Gasteiger charge is 2.37. The fourth-order valence-corrected chi connectivity index (χ4v) is 5.87. The van der Waals surface area contributed by atoms with E-state index in [4.69, 9.17) is 16.3 Å². The monoisotopic (exact) mass is 645 g/mol. The lowest BCUT2D eigenvalue weighted by Gasteiger charge is -2.37. The Morgan fingerprint density at radius 1 is 1.09 bits per heavy atom. The van der Waals surface area contributed by atoms with Gasteiger partial charge >= 0.3 is 5.97 Å². The summed E-state index contributed by atoms with van der Waals surface area (Å²) in [4.78, 5) is 40.5. The number of ether oxygens (including phenoxy) is 1. The number of piperidine rings is 1. The molecule has 1 atom stereocenters. The third-order valence-corrected chi connectivity index (χ3v) is 8.28. The Labute approximate surface area is 267 Å². The van der Waals surface area contributed by atoms with Gasteiger partial charge in [-0.05, 0) is 96.9 Å². The number of aromatic carboxylic acids is 1. The minimum Gasteiger partial charge on any atom is -0.490 e. The van der Waals surface area contributed by atoms with Gasteiger partial charge in [0.15, 0.2) is 5.82 Å². The first kappa shape index (κ1) is 30.9. The third kappa shape index (κ3) is 6.46. The standard InChI is InChI=1S/C32H29ClFN7O5/c33-25-9-10-26(41-18-36-38-39-41)24(29(25)34)8-11-28(42)40-17-14-22-23(2-1-3-27(22)46-21-12-15-35-16-13-21)30(40)31(43)37-20-6-4-19(5-7-20)32(44)45/h1-11,18,21,30,35H,12-17H2,(H,37,43)(H,44,45)/b11-8+. The number of fused-ring (bicyclic) bond motifs is 1. The summed E-state index contributed by atoms with van der Waals surface area (Å²) < 4.78 is 22.8. The van der Waals surface area contributed by atoms with Crippen molar-refractivity contribution in [3.8, 4) is 11.4 Å². The zero-order chi connectivity index (χ0) is 32.2. The number of hydrogen-bond donors (Lipinski definition) is 3. The van der Waals surface area contributed by atoms with E-state index in [9.17, 15) is 19.5 Å². The third-order valence-electron chi connectivity index (χ3n) is 7.99. The molecule has 236 valence electrons. The highest BCUT2D eigenvalue weighted by atomic mass is 35.5. The minimum absolute atomic E-state index is 0.0114. The van der Waals surface area contributed by atoms with Crippen LogP contribution in [0.2, 0.25) is 5.02 Å². The molecule has 3 aromatic carbocycles. The van der Waals surface area contributed by atoms with Crippen LogP contribution in [0.4, 0.5) is 10.1 Å².